The van der Waals surface area contributed by atoms with Crippen LogP contribution in [0, 0.1) is 10.5 Å². The first-order valence-corrected chi connectivity index (χ1v) is 6.13. The summed E-state index contributed by atoms with van der Waals surface area (Å²) in [4.78, 5) is 15.1. The molecule has 0 aliphatic rings. The number of carbonyl (C=O) groups is 1. The molecule has 17 heavy (non-hydrogen) atoms. The summed E-state index contributed by atoms with van der Waals surface area (Å²) in [5.74, 6) is -0.375. The van der Waals surface area contributed by atoms with Gasteiger partial charge in [0, 0.05) is 9.26 Å². The van der Waals surface area contributed by atoms with Crippen LogP contribution in [0.15, 0.2) is 6.07 Å². The lowest BCUT2D eigenvalue weighted by atomic mass is 10.1. The second kappa shape index (κ2) is 6.23. The fourth-order valence-electron chi connectivity index (χ4n) is 1.36. The molecule has 0 aliphatic heterocycles. The van der Waals surface area contributed by atoms with E-state index in [2.05, 4.69) is 4.98 Å². The van der Waals surface area contributed by atoms with E-state index in [1.165, 1.54) is 6.07 Å². The molecule has 0 fully saturated rings. The molecule has 0 aliphatic carbocycles. The highest BCUT2D eigenvalue weighted by Crippen LogP contribution is 2.23. The molecule has 94 valence electrons. The van der Waals surface area contributed by atoms with Gasteiger partial charge in [0.25, 0.3) is 6.43 Å². The third-order valence-corrected chi connectivity index (χ3v) is 3.11. The Morgan fingerprint density at radius 2 is 2.24 bits per heavy atom. The van der Waals surface area contributed by atoms with Gasteiger partial charge in [-0.1, -0.05) is 0 Å². The Morgan fingerprint density at radius 1 is 1.59 bits per heavy atom. The number of ether oxygens (including phenoxy) is 1. The van der Waals surface area contributed by atoms with Gasteiger partial charge in [-0.25, -0.2) is 8.78 Å². The van der Waals surface area contributed by atoms with Crippen molar-refractivity contribution in [2.24, 2.45) is 0 Å². The van der Waals surface area contributed by atoms with Gasteiger partial charge in [0.1, 0.15) is 5.69 Å². The van der Waals surface area contributed by atoms with Gasteiger partial charge in [-0.15, -0.1) is 0 Å². The fraction of sp³-hybridized carbons (Fsp3) is 0.455. The molecule has 0 atom stereocenters. The lowest BCUT2D eigenvalue weighted by Crippen LogP contribution is -2.11. The number of hydrogen-bond acceptors (Lipinski definition) is 3. The Morgan fingerprint density at radius 3 is 2.71 bits per heavy atom. The summed E-state index contributed by atoms with van der Waals surface area (Å²) in [6.07, 6.45) is -2.53. The Bertz CT molecular complexity index is 401. The molecule has 3 nitrogen and oxygen atoms in total. The molecule has 1 aromatic rings. The average Bonchev–Trinajstić information content (AvgIpc) is 2.23. The average molecular weight is 355 g/mol. The standard InChI is InChI=1S/C11H12F2INO2/c1-3-17-10(16)4-7-6(2)15-9(11(12)13)5-8(7)14/h5,11H,3-4H2,1-2H3. The third kappa shape index (κ3) is 3.86. The molecule has 0 unspecified atom stereocenters. The van der Waals surface area contributed by atoms with Crippen LogP contribution in [0.5, 0.6) is 0 Å². The number of hydrogen-bond donors (Lipinski definition) is 0. The van der Waals surface area contributed by atoms with Crippen molar-refractivity contribution < 1.29 is 18.3 Å². The number of nitrogens with zero attached hydrogens (tertiary/aromatic N) is 1. The van der Waals surface area contributed by atoms with Crippen LogP contribution in [0.1, 0.15) is 30.3 Å². The maximum atomic E-state index is 12.5. The molecule has 0 spiro atoms. The maximum absolute atomic E-state index is 12.5. The number of rotatable bonds is 4. The quantitative estimate of drug-likeness (QED) is 0.616. The summed E-state index contributed by atoms with van der Waals surface area (Å²) in [5.41, 5.74) is 0.827. The molecule has 0 radical (unpaired) electrons. The first kappa shape index (κ1) is 14.3. The van der Waals surface area contributed by atoms with E-state index in [9.17, 15) is 13.6 Å². The summed E-state index contributed by atoms with van der Waals surface area (Å²) in [6, 6.07) is 1.30. The predicted octanol–water partition coefficient (Wildman–Crippen LogP) is 3.04. The molecule has 0 saturated carbocycles. The number of carbonyl (C=O) groups excluding carboxylic acids is 1. The summed E-state index contributed by atoms with van der Waals surface area (Å²) < 4.78 is 30.4. The van der Waals surface area contributed by atoms with Crippen LogP contribution in [-0.4, -0.2) is 17.6 Å². The lowest BCUT2D eigenvalue weighted by molar-refractivity contribution is -0.142. The highest BCUT2D eigenvalue weighted by Gasteiger charge is 2.16. The zero-order chi connectivity index (χ0) is 13.0. The molecule has 1 rings (SSSR count). The summed E-state index contributed by atoms with van der Waals surface area (Å²) in [7, 11) is 0. The van der Waals surface area contributed by atoms with Crippen molar-refractivity contribution in [3.05, 3.63) is 26.6 Å². The molecule has 0 N–H and O–H groups in total. The van der Waals surface area contributed by atoms with E-state index in [0.717, 1.165) is 0 Å². The van der Waals surface area contributed by atoms with Crippen LogP contribution < -0.4 is 0 Å². The van der Waals surface area contributed by atoms with E-state index >= 15 is 0 Å². The first-order chi connectivity index (χ1) is 7.95. The van der Waals surface area contributed by atoms with Crippen molar-refractivity contribution in [1.29, 1.82) is 0 Å². The van der Waals surface area contributed by atoms with Gasteiger partial charge in [-0.3, -0.25) is 9.78 Å². The molecule has 1 aromatic heterocycles. The van der Waals surface area contributed by atoms with Crippen LogP contribution >= 0.6 is 22.6 Å². The van der Waals surface area contributed by atoms with Crippen molar-refractivity contribution in [2.45, 2.75) is 26.7 Å². The van der Waals surface area contributed by atoms with Gasteiger partial charge >= 0.3 is 5.97 Å². The predicted molar refractivity (Wildman–Crippen MR) is 67.0 cm³/mol. The molecule has 1 heterocycles. The van der Waals surface area contributed by atoms with Gasteiger partial charge in [0.15, 0.2) is 0 Å². The molecule has 6 heteroatoms. The molecule has 0 saturated heterocycles. The topological polar surface area (TPSA) is 39.2 Å². The third-order valence-electron chi connectivity index (χ3n) is 2.15. The minimum absolute atomic E-state index is 0.0640. The van der Waals surface area contributed by atoms with Gasteiger partial charge in [0.2, 0.25) is 0 Å². The zero-order valence-electron chi connectivity index (χ0n) is 9.47. The first-order valence-electron chi connectivity index (χ1n) is 5.05. The zero-order valence-corrected chi connectivity index (χ0v) is 11.6. The van der Waals surface area contributed by atoms with Gasteiger partial charge in [-0.05, 0) is 48.1 Å². The van der Waals surface area contributed by atoms with Crippen molar-refractivity contribution in [3.8, 4) is 0 Å². The van der Waals surface area contributed by atoms with E-state index in [1.807, 2.05) is 22.6 Å². The van der Waals surface area contributed by atoms with Crippen molar-refractivity contribution in [2.75, 3.05) is 6.61 Å². The molecule has 0 aromatic carbocycles. The van der Waals surface area contributed by atoms with Gasteiger partial charge < -0.3 is 4.74 Å². The minimum Gasteiger partial charge on any atom is -0.466 e. The van der Waals surface area contributed by atoms with E-state index in [1.54, 1.807) is 13.8 Å². The highest BCUT2D eigenvalue weighted by molar-refractivity contribution is 14.1. The van der Waals surface area contributed by atoms with Crippen LogP contribution in [0.4, 0.5) is 8.78 Å². The number of pyridine rings is 1. The summed E-state index contributed by atoms with van der Waals surface area (Å²) in [6.45, 7) is 3.63. The lowest BCUT2D eigenvalue weighted by Gasteiger charge is -2.10. The highest BCUT2D eigenvalue weighted by atomic mass is 127. The SMILES string of the molecule is CCOC(=O)Cc1c(I)cc(C(F)F)nc1C. The summed E-state index contributed by atoms with van der Waals surface area (Å²) >= 11 is 1.93. The number of halogens is 3. The number of aromatic nitrogens is 1. The fourth-order valence-corrected chi connectivity index (χ4v) is 2.26. The van der Waals surface area contributed by atoms with Crippen LogP contribution in [0.2, 0.25) is 0 Å². The van der Waals surface area contributed by atoms with Gasteiger partial charge in [0.05, 0.1) is 13.0 Å². The minimum atomic E-state index is -2.60. The second-order valence-corrected chi connectivity index (χ2v) is 4.54. The van der Waals surface area contributed by atoms with E-state index < -0.39 is 6.43 Å². The maximum Gasteiger partial charge on any atom is 0.310 e. The van der Waals surface area contributed by atoms with Crippen LogP contribution in [0.3, 0.4) is 0 Å². The van der Waals surface area contributed by atoms with Crippen LogP contribution in [0.25, 0.3) is 0 Å². The Balaban J connectivity index is 2.97. The van der Waals surface area contributed by atoms with Crippen molar-refractivity contribution >= 4 is 28.6 Å². The molecule has 0 amide bonds. The number of alkyl halides is 2. The Hall–Kier alpha value is -0.790. The van der Waals surface area contributed by atoms with Gasteiger partial charge in [-0.2, -0.15) is 0 Å². The molecule has 0 bridgehead atoms. The van der Waals surface area contributed by atoms with E-state index in [-0.39, 0.29) is 18.1 Å². The van der Waals surface area contributed by atoms with E-state index in [4.69, 9.17) is 4.74 Å². The molecular formula is C11H12F2INO2. The normalized spacial score (nSPS) is 10.7. The van der Waals surface area contributed by atoms with Crippen molar-refractivity contribution in [3.63, 3.8) is 0 Å². The number of esters is 1. The van der Waals surface area contributed by atoms with Crippen LogP contribution in [-0.2, 0) is 16.0 Å². The van der Waals surface area contributed by atoms with E-state index in [0.29, 0.717) is 21.4 Å². The second-order valence-electron chi connectivity index (χ2n) is 3.38. The largest absolute Gasteiger partial charge is 0.466 e. The molecular weight excluding hydrogens is 343 g/mol. The monoisotopic (exact) mass is 355 g/mol. The smallest absolute Gasteiger partial charge is 0.310 e. The van der Waals surface area contributed by atoms with Crippen molar-refractivity contribution in [1.82, 2.24) is 4.98 Å². The Labute approximate surface area is 112 Å². The summed E-state index contributed by atoms with van der Waals surface area (Å²) in [5, 5.41) is 0. The Kier molecular flexibility index (Phi) is 5.23. The number of aryl methyl sites for hydroxylation is 1.